The van der Waals surface area contributed by atoms with E-state index in [2.05, 4.69) is 10.0 Å². The zero-order valence-electron chi connectivity index (χ0n) is 12.5. The highest BCUT2D eigenvalue weighted by Crippen LogP contribution is 2.21. The van der Waals surface area contributed by atoms with Gasteiger partial charge in [0.25, 0.3) is 10.0 Å². The summed E-state index contributed by atoms with van der Waals surface area (Å²) in [6.07, 6.45) is 0. The summed E-state index contributed by atoms with van der Waals surface area (Å²) < 4.78 is 27.5. The van der Waals surface area contributed by atoms with Crippen molar-refractivity contribution in [3.63, 3.8) is 0 Å². The second-order valence-corrected chi connectivity index (χ2v) is 6.78. The molecule has 2 aromatic carbocycles. The molecule has 0 spiro atoms. The highest BCUT2D eigenvalue weighted by molar-refractivity contribution is 7.92. The van der Waals surface area contributed by atoms with Crippen molar-refractivity contribution in [1.29, 1.82) is 0 Å². The number of aryl methyl sites for hydroxylation is 2. The minimum atomic E-state index is -3.55. The van der Waals surface area contributed by atoms with Gasteiger partial charge in [-0.3, -0.25) is 4.72 Å². The van der Waals surface area contributed by atoms with Gasteiger partial charge in [0.05, 0.1) is 10.6 Å². The molecular formula is C16H20N2O2S. The Morgan fingerprint density at radius 1 is 1.00 bits per heavy atom. The van der Waals surface area contributed by atoms with Gasteiger partial charge in [0, 0.05) is 6.54 Å². The topological polar surface area (TPSA) is 58.2 Å². The average molecular weight is 304 g/mol. The maximum Gasteiger partial charge on any atom is 0.261 e. The van der Waals surface area contributed by atoms with Gasteiger partial charge in [0.15, 0.2) is 0 Å². The standard InChI is InChI=1S/C16H20N2O2S/c1-12-4-5-13(2)16(10-12)18-21(19,20)15-8-6-14(7-9-15)11-17-3/h4-10,17-18H,11H2,1-3H3. The van der Waals surface area contributed by atoms with Crippen LogP contribution in [0.3, 0.4) is 0 Å². The predicted molar refractivity (Wildman–Crippen MR) is 85.9 cm³/mol. The average Bonchev–Trinajstić information content (AvgIpc) is 2.44. The molecule has 0 saturated carbocycles. The fourth-order valence-electron chi connectivity index (χ4n) is 2.04. The molecule has 0 radical (unpaired) electrons. The van der Waals surface area contributed by atoms with Gasteiger partial charge in [-0.05, 0) is 55.8 Å². The fourth-order valence-corrected chi connectivity index (χ4v) is 3.16. The minimum absolute atomic E-state index is 0.267. The number of sulfonamides is 1. The Bertz CT molecular complexity index is 722. The van der Waals surface area contributed by atoms with Gasteiger partial charge in [0.1, 0.15) is 0 Å². The maximum atomic E-state index is 12.4. The van der Waals surface area contributed by atoms with E-state index in [1.807, 2.05) is 51.2 Å². The molecule has 2 N–H and O–H groups in total. The van der Waals surface area contributed by atoms with E-state index in [0.29, 0.717) is 12.2 Å². The molecule has 0 unspecified atom stereocenters. The summed E-state index contributed by atoms with van der Waals surface area (Å²) in [5.41, 5.74) is 3.58. The van der Waals surface area contributed by atoms with E-state index in [1.165, 1.54) is 0 Å². The molecule has 0 saturated heterocycles. The number of nitrogens with one attached hydrogen (secondary N) is 2. The Morgan fingerprint density at radius 3 is 2.29 bits per heavy atom. The summed E-state index contributed by atoms with van der Waals surface area (Å²) in [7, 11) is -1.70. The third-order valence-electron chi connectivity index (χ3n) is 3.25. The summed E-state index contributed by atoms with van der Waals surface area (Å²) in [6.45, 7) is 4.53. The molecule has 0 aromatic heterocycles. The number of hydrogen-bond acceptors (Lipinski definition) is 3. The van der Waals surface area contributed by atoms with Crippen molar-refractivity contribution < 1.29 is 8.42 Å². The van der Waals surface area contributed by atoms with Crippen molar-refractivity contribution in [1.82, 2.24) is 5.32 Å². The molecule has 21 heavy (non-hydrogen) atoms. The number of hydrogen-bond donors (Lipinski definition) is 2. The van der Waals surface area contributed by atoms with E-state index in [4.69, 9.17) is 0 Å². The molecule has 0 heterocycles. The van der Waals surface area contributed by atoms with Crippen LogP contribution in [0.15, 0.2) is 47.4 Å². The van der Waals surface area contributed by atoms with E-state index in [9.17, 15) is 8.42 Å². The Labute approximate surface area is 126 Å². The second kappa shape index (κ2) is 6.28. The van der Waals surface area contributed by atoms with Crippen LogP contribution in [-0.4, -0.2) is 15.5 Å². The van der Waals surface area contributed by atoms with Crippen molar-refractivity contribution in [2.75, 3.05) is 11.8 Å². The largest absolute Gasteiger partial charge is 0.316 e. The third kappa shape index (κ3) is 3.83. The van der Waals surface area contributed by atoms with Gasteiger partial charge in [0.2, 0.25) is 0 Å². The number of benzene rings is 2. The van der Waals surface area contributed by atoms with Crippen LogP contribution in [0, 0.1) is 13.8 Å². The van der Waals surface area contributed by atoms with Gasteiger partial charge in [-0.2, -0.15) is 0 Å². The highest BCUT2D eigenvalue weighted by atomic mass is 32.2. The molecule has 0 fully saturated rings. The quantitative estimate of drug-likeness (QED) is 0.893. The molecule has 2 rings (SSSR count). The zero-order chi connectivity index (χ0) is 15.5. The van der Waals surface area contributed by atoms with Crippen LogP contribution in [0.4, 0.5) is 5.69 Å². The minimum Gasteiger partial charge on any atom is -0.316 e. The first-order valence-electron chi connectivity index (χ1n) is 6.76. The normalized spacial score (nSPS) is 11.4. The Kier molecular flexibility index (Phi) is 4.65. The lowest BCUT2D eigenvalue weighted by molar-refractivity contribution is 0.601. The first-order chi connectivity index (χ1) is 9.92. The van der Waals surface area contributed by atoms with Crippen LogP contribution in [0.2, 0.25) is 0 Å². The monoisotopic (exact) mass is 304 g/mol. The van der Waals surface area contributed by atoms with Gasteiger partial charge >= 0.3 is 0 Å². The molecule has 0 aliphatic heterocycles. The van der Waals surface area contributed by atoms with Crippen molar-refractivity contribution in [3.8, 4) is 0 Å². The van der Waals surface area contributed by atoms with Gasteiger partial charge < -0.3 is 5.32 Å². The third-order valence-corrected chi connectivity index (χ3v) is 4.63. The predicted octanol–water partition coefficient (Wildman–Crippen LogP) is 2.82. The fraction of sp³-hybridized carbons (Fsp3) is 0.250. The summed E-state index contributed by atoms with van der Waals surface area (Å²) in [6, 6.07) is 12.6. The zero-order valence-corrected chi connectivity index (χ0v) is 13.3. The number of rotatable bonds is 5. The van der Waals surface area contributed by atoms with E-state index < -0.39 is 10.0 Å². The lowest BCUT2D eigenvalue weighted by Gasteiger charge is -2.12. The molecule has 5 heteroatoms. The maximum absolute atomic E-state index is 12.4. The summed E-state index contributed by atoms with van der Waals surface area (Å²) in [5.74, 6) is 0. The second-order valence-electron chi connectivity index (χ2n) is 5.10. The molecule has 112 valence electrons. The van der Waals surface area contributed by atoms with Gasteiger partial charge in [-0.15, -0.1) is 0 Å². The van der Waals surface area contributed by atoms with Gasteiger partial charge in [-0.1, -0.05) is 24.3 Å². The SMILES string of the molecule is CNCc1ccc(S(=O)(=O)Nc2cc(C)ccc2C)cc1. The van der Waals surface area contributed by atoms with Crippen LogP contribution < -0.4 is 10.0 Å². The van der Waals surface area contributed by atoms with Gasteiger partial charge in [-0.25, -0.2) is 8.42 Å². The molecule has 2 aromatic rings. The molecular weight excluding hydrogens is 284 g/mol. The Hall–Kier alpha value is -1.85. The van der Waals surface area contributed by atoms with Crippen LogP contribution >= 0.6 is 0 Å². The molecule has 0 atom stereocenters. The lowest BCUT2D eigenvalue weighted by atomic mass is 10.1. The van der Waals surface area contributed by atoms with E-state index >= 15 is 0 Å². The van der Waals surface area contributed by atoms with E-state index in [1.54, 1.807) is 12.1 Å². The van der Waals surface area contributed by atoms with Crippen molar-refractivity contribution in [2.45, 2.75) is 25.3 Å². The molecule has 0 amide bonds. The smallest absolute Gasteiger partial charge is 0.261 e. The van der Waals surface area contributed by atoms with E-state index in [0.717, 1.165) is 16.7 Å². The first-order valence-corrected chi connectivity index (χ1v) is 8.24. The van der Waals surface area contributed by atoms with Crippen LogP contribution in [0.25, 0.3) is 0 Å². The molecule has 0 aliphatic rings. The van der Waals surface area contributed by atoms with Crippen molar-refractivity contribution in [3.05, 3.63) is 59.2 Å². The molecule has 0 aliphatic carbocycles. The van der Waals surface area contributed by atoms with E-state index in [-0.39, 0.29) is 4.90 Å². The van der Waals surface area contributed by atoms with Crippen molar-refractivity contribution >= 4 is 15.7 Å². The Morgan fingerprint density at radius 2 is 1.67 bits per heavy atom. The van der Waals surface area contributed by atoms with Crippen LogP contribution in [0.5, 0.6) is 0 Å². The van der Waals surface area contributed by atoms with Crippen LogP contribution in [0.1, 0.15) is 16.7 Å². The summed E-state index contributed by atoms with van der Waals surface area (Å²) in [5, 5.41) is 3.03. The number of anilines is 1. The highest BCUT2D eigenvalue weighted by Gasteiger charge is 2.15. The summed E-state index contributed by atoms with van der Waals surface area (Å²) in [4.78, 5) is 0.267. The lowest BCUT2D eigenvalue weighted by Crippen LogP contribution is -2.14. The van der Waals surface area contributed by atoms with Crippen LogP contribution in [-0.2, 0) is 16.6 Å². The molecule has 4 nitrogen and oxygen atoms in total. The molecule has 0 bridgehead atoms. The summed E-state index contributed by atoms with van der Waals surface area (Å²) >= 11 is 0. The first kappa shape index (κ1) is 15.5. The van der Waals surface area contributed by atoms with Crippen molar-refractivity contribution in [2.24, 2.45) is 0 Å². The Balaban J connectivity index is 2.27.